The van der Waals surface area contributed by atoms with Gasteiger partial charge in [0.15, 0.2) is 0 Å². The number of hydrogen-bond acceptors (Lipinski definition) is 2. The zero-order valence-electron chi connectivity index (χ0n) is 13.0. The molecule has 0 amide bonds. The number of hydrogen-bond donors (Lipinski definition) is 1. The molecule has 1 heterocycles. The quantitative estimate of drug-likeness (QED) is 0.887. The van der Waals surface area contributed by atoms with Gasteiger partial charge in [-0.1, -0.05) is 30.7 Å². The van der Waals surface area contributed by atoms with Crippen LogP contribution >= 0.6 is 11.6 Å². The summed E-state index contributed by atoms with van der Waals surface area (Å²) in [6, 6.07) is 9.09. The van der Waals surface area contributed by atoms with Gasteiger partial charge in [-0.15, -0.1) is 0 Å². The Kier molecular flexibility index (Phi) is 5.20. The number of nitrogens with zero attached hydrogens (tertiary/aromatic N) is 1. The molecule has 0 aromatic heterocycles. The third-order valence-corrected chi connectivity index (χ3v) is 5.47. The van der Waals surface area contributed by atoms with Crippen LogP contribution in [0.15, 0.2) is 24.3 Å². The van der Waals surface area contributed by atoms with Gasteiger partial charge in [0.1, 0.15) is 0 Å². The van der Waals surface area contributed by atoms with Crippen LogP contribution in [0.1, 0.15) is 44.1 Å². The van der Waals surface area contributed by atoms with E-state index in [1.807, 2.05) is 12.1 Å². The lowest BCUT2D eigenvalue weighted by Crippen LogP contribution is -2.44. The monoisotopic (exact) mass is 306 g/mol. The fraction of sp³-hybridized carbons (Fsp3) is 0.667. The highest BCUT2D eigenvalue weighted by Crippen LogP contribution is 2.37. The maximum absolute atomic E-state index is 5.94. The number of rotatable bonds is 5. The highest BCUT2D eigenvalue weighted by atomic mass is 35.5. The van der Waals surface area contributed by atoms with Crippen LogP contribution in [0.3, 0.4) is 0 Å². The average Bonchev–Trinajstić information content (AvgIpc) is 2.45. The second-order valence-electron chi connectivity index (χ2n) is 6.90. The third kappa shape index (κ3) is 4.21. The summed E-state index contributed by atoms with van der Waals surface area (Å²) in [5.74, 6) is 1.66. The number of halogens is 1. The lowest BCUT2D eigenvalue weighted by molar-refractivity contribution is 0.184. The molecule has 21 heavy (non-hydrogen) atoms. The Hall–Kier alpha value is -0.570. The smallest absolute Gasteiger partial charge is 0.0406 e. The molecule has 1 aliphatic heterocycles. The van der Waals surface area contributed by atoms with Crippen molar-refractivity contribution in [2.75, 3.05) is 26.2 Å². The Labute approximate surface area is 133 Å². The Morgan fingerprint density at radius 1 is 1.14 bits per heavy atom. The maximum Gasteiger partial charge on any atom is 0.0406 e. The topological polar surface area (TPSA) is 15.3 Å². The van der Waals surface area contributed by atoms with Gasteiger partial charge in [-0.2, -0.15) is 0 Å². The Balaban J connectivity index is 1.31. The van der Waals surface area contributed by atoms with Crippen molar-refractivity contribution in [1.82, 2.24) is 10.2 Å². The zero-order valence-corrected chi connectivity index (χ0v) is 13.8. The highest BCUT2D eigenvalue weighted by Gasteiger charge is 2.29. The van der Waals surface area contributed by atoms with Gasteiger partial charge in [0.05, 0.1) is 0 Å². The van der Waals surface area contributed by atoms with Crippen molar-refractivity contribution in [3.63, 3.8) is 0 Å². The molecule has 1 aliphatic carbocycles. The Morgan fingerprint density at radius 2 is 1.81 bits per heavy atom. The van der Waals surface area contributed by atoms with E-state index in [9.17, 15) is 0 Å². The number of piperidine rings is 1. The molecule has 0 spiro atoms. The molecule has 2 nitrogen and oxygen atoms in total. The predicted molar refractivity (Wildman–Crippen MR) is 90.1 cm³/mol. The zero-order chi connectivity index (χ0) is 14.7. The van der Waals surface area contributed by atoms with Gasteiger partial charge in [-0.3, -0.25) is 0 Å². The van der Waals surface area contributed by atoms with Crippen molar-refractivity contribution in [2.45, 2.75) is 44.6 Å². The molecule has 0 bridgehead atoms. The van der Waals surface area contributed by atoms with E-state index in [-0.39, 0.29) is 0 Å². The van der Waals surface area contributed by atoms with E-state index in [0.717, 1.165) is 29.4 Å². The molecule has 0 atom stereocenters. The minimum absolute atomic E-state index is 0.717. The van der Waals surface area contributed by atoms with Crippen LogP contribution in [-0.2, 0) is 0 Å². The van der Waals surface area contributed by atoms with E-state index in [1.165, 1.54) is 50.9 Å². The summed E-state index contributed by atoms with van der Waals surface area (Å²) >= 11 is 5.94. The van der Waals surface area contributed by atoms with Crippen LogP contribution in [-0.4, -0.2) is 37.1 Å². The van der Waals surface area contributed by atoms with Gasteiger partial charge in [0, 0.05) is 24.2 Å². The lowest BCUT2D eigenvalue weighted by Gasteiger charge is -2.37. The number of likely N-dealkylation sites (tertiary alicyclic amines) is 1. The average molecular weight is 307 g/mol. The normalized spacial score (nSPS) is 27.5. The van der Waals surface area contributed by atoms with Gasteiger partial charge in [-0.25, -0.2) is 0 Å². The van der Waals surface area contributed by atoms with E-state index < -0.39 is 0 Å². The lowest BCUT2D eigenvalue weighted by atomic mass is 9.76. The summed E-state index contributed by atoms with van der Waals surface area (Å²) < 4.78 is 0. The van der Waals surface area contributed by atoms with E-state index in [1.54, 1.807) is 0 Å². The summed E-state index contributed by atoms with van der Waals surface area (Å²) in [6.45, 7) is 7.32. The first-order valence-corrected chi connectivity index (χ1v) is 8.79. The van der Waals surface area contributed by atoms with E-state index in [2.05, 4.69) is 29.3 Å². The maximum atomic E-state index is 5.94. The molecular formula is C18H27ClN2. The van der Waals surface area contributed by atoms with Crippen molar-refractivity contribution >= 4 is 11.6 Å². The fourth-order valence-corrected chi connectivity index (χ4v) is 3.63. The van der Waals surface area contributed by atoms with E-state index in [4.69, 9.17) is 11.6 Å². The molecule has 1 aromatic rings. The molecular weight excluding hydrogens is 280 g/mol. The van der Waals surface area contributed by atoms with Crippen LogP contribution < -0.4 is 5.32 Å². The standard InChI is InChI=1S/C18H27ClN2/c1-14-6-9-21(10-7-14)11-8-20-18-12-16(13-18)15-2-4-17(19)5-3-15/h2-5,14,16,18,20H,6-13H2,1H3. The Morgan fingerprint density at radius 3 is 2.48 bits per heavy atom. The molecule has 1 N–H and O–H groups in total. The molecule has 3 heteroatoms. The fourth-order valence-electron chi connectivity index (χ4n) is 3.50. The summed E-state index contributed by atoms with van der Waals surface area (Å²) in [7, 11) is 0. The summed E-state index contributed by atoms with van der Waals surface area (Å²) in [4.78, 5) is 2.61. The van der Waals surface area contributed by atoms with Crippen LogP contribution in [0, 0.1) is 5.92 Å². The van der Waals surface area contributed by atoms with Crippen molar-refractivity contribution in [2.24, 2.45) is 5.92 Å². The summed E-state index contributed by atoms with van der Waals surface area (Å²) in [6.07, 6.45) is 5.31. The van der Waals surface area contributed by atoms with Gasteiger partial charge in [0.25, 0.3) is 0 Å². The Bertz CT molecular complexity index is 431. The van der Waals surface area contributed by atoms with Gasteiger partial charge in [0.2, 0.25) is 0 Å². The molecule has 1 aromatic carbocycles. The van der Waals surface area contributed by atoms with Crippen LogP contribution in [0.25, 0.3) is 0 Å². The second-order valence-corrected chi connectivity index (χ2v) is 7.33. The molecule has 0 unspecified atom stereocenters. The van der Waals surface area contributed by atoms with Gasteiger partial charge in [-0.05, 0) is 68.3 Å². The molecule has 1 saturated heterocycles. The SMILES string of the molecule is CC1CCN(CCNC2CC(c3ccc(Cl)cc3)C2)CC1. The first-order chi connectivity index (χ1) is 10.2. The van der Waals surface area contributed by atoms with Gasteiger partial charge < -0.3 is 10.2 Å². The van der Waals surface area contributed by atoms with Crippen LogP contribution in [0.5, 0.6) is 0 Å². The second kappa shape index (κ2) is 7.13. The van der Waals surface area contributed by atoms with Crippen molar-refractivity contribution in [3.05, 3.63) is 34.9 Å². The first kappa shape index (κ1) is 15.3. The van der Waals surface area contributed by atoms with Crippen LogP contribution in [0.2, 0.25) is 5.02 Å². The molecule has 0 radical (unpaired) electrons. The summed E-state index contributed by atoms with van der Waals surface area (Å²) in [5.41, 5.74) is 1.45. The number of benzene rings is 1. The van der Waals surface area contributed by atoms with E-state index >= 15 is 0 Å². The van der Waals surface area contributed by atoms with Crippen molar-refractivity contribution in [3.8, 4) is 0 Å². The summed E-state index contributed by atoms with van der Waals surface area (Å²) in [5, 5.41) is 4.56. The van der Waals surface area contributed by atoms with Crippen molar-refractivity contribution < 1.29 is 0 Å². The molecule has 1 saturated carbocycles. The minimum atomic E-state index is 0.717. The minimum Gasteiger partial charge on any atom is -0.313 e. The first-order valence-electron chi connectivity index (χ1n) is 8.42. The third-order valence-electron chi connectivity index (χ3n) is 5.22. The van der Waals surface area contributed by atoms with Crippen molar-refractivity contribution in [1.29, 1.82) is 0 Å². The van der Waals surface area contributed by atoms with Crippen LogP contribution in [0.4, 0.5) is 0 Å². The highest BCUT2D eigenvalue weighted by molar-refractivity contribution is 6.30. The van der Waals surface area contributed by atoms with Gasteiger partial charge >= 0.3 is 0 Å². The molecule has 116 valence electrons. The molecule has 3 rings (SSSR count). The predicted octanol–water partition coefficient (Wildman–Crippen LogP) is 3.91. The van der Waals surface area contributed by atoms with E-state index in [0.29, 0.717) is 0 Å². The molecule has 2 aliphatic rings. The molecule has 2 fully saturated rings. The largest absolute Gasteiger partial charge is 0.313 e. The number of nitrogens with one attached hydrogen (secondary N) is 1.